The van der Waals surface area contributed by atoms with Crippen molar-refractivity contribution in [3.05, 3.63) is 36.5 Å². The summed E-state index contributed by atoms with van der Waals surface area (Å²) < 4.78 is 0. The van der Waals surface area contributed by atoms with Crippen LogP contribution in [0.4, 0.5) is 0 Å². The first-order chi connectivity index (χ1) is 5.79. The molecule has 0 aliphatic heterocycles. The second-order valence-electron chi connectivity index (χ2n) is 2.58. The molecule has 2 rings (SSSR count). The van der Waals surface area contributed by atoms with Gasteiger partial charge >= 0.3 is 0 Å². The summed E-state index contributed by atoms with van der Waals surface area (Å²) in [6.07, 6.45) is 1.67. The molecule has 3 nitrogen and oxygen atoms in total. The Morgan fingerprint density at radius 1 is 1.50 bits per heavy atom. The average molecular weight is 160 g/mol. The zero-order valence-electron chi connectivity index (χ0n) is 6.41. The van der Waals surface area contributed by atoms with Gasteiger partial charge in [-0.05, 0) is 6.07 Å². The molecule has 0 aliphatic carbocycles. The van der Waals surface area contributed by atoms with Crippen molar-refractivity contribution in [3.8, 4) is 0 Å². The van der Waals surface area contributed by atoms with Gasteiger partial charge in [-0.1, -0.05) is 18.7 Å². The highest BCUT2D eigenvalue weighted by Gasteiger charge is 2.03. The third-order valence-corrected chi connectivity index (χ3v) is 1.80. The predicted molar refractivity (Wildman–Crippen MR) is 47.8 cm³/mol. The van der Waals surface area contributed by atoms with Crippen LogP contribution in [-0.4, -0.2) is 15.3 Å². The van der Waals surface area contributed by atoms with Gasteiger partial charge in [0, 0.05) is 10.9 Å². The van der Waals surface area contributed by atoms with E-state index in [0.29, 0.717) is 0 Å². The lowest BCUT2D eigenvalue weighted by atomic mass is 10.1. The van der Waals surface area contributed by atoms with Gasteiger partial charge in [0.15, 0.2) is 0 Å². The molecule has 1 aromatic carbocycles. The fraction of sp³-hybridized carbons (Fsp3) is 0. The minimum atomic E-state index is 0.0713. The molecule has 3 heteroatoms. The number of H-pyrrole nitrogens is 1. The first-order valence-electron chi connectivity index (χ1n) is 3.59. The summed E-state index contributed by atoms with van der Waals surface area (Å²) in [6.45, 7) is 3.47. The lowest BCUT2D eigenvalue weighted by Gasteiger charge is -1.98. The molecule has 60 valence electrons. The van der Waals surface area contributed by atoms with Crippen LogP contribution in [0.3, 0.4) is 0 Å². The largest absolute Gasteiger partial charge is 0.508 e. The molecule has 2 aromatic rings. The van der Waals surface area contributed by atoms with Crippen LogP contribution in [0.5, 0.6) is 0 Å². The Balaban J connectivity index is 2.82. The Morgan fingerprint density at radius 2 is 2.33 bits per heavy atom. The Kier molecular flexibility index (Phi) is 1.37. The van der Waals surface area contributed by atoms with Gasteiger partial charge in [0.25, 0.3) is 0 Å². The van der Waals surface area contributed by atoms with Gasteiger partial charge in [0.2, 0.25) is 0 Å². The maximum atomic E-state index is 9.20. The Morgan fingerprint density at radius 3 is 3.08 bits per heavy atom. The van der Waals surface area contributed by atoms with Gasteiger partial charge in [0.05, 0.1) is 11.7 Å². The van der Waals surface area contributed by atoms with Crippen molar-refractivity contribution in [2.75, 3.05) is 0 Å². The second kappa shape index (κ2) is 2.37. The molecular weight excluding hydrogens is 152 g/mol. The van der Waals surface area contributed by atoms with Crippen molar-refractivity contribution in [2.24, 2.45) is 0 Å². The van der Waals surface area contributed by atoms with Gasteiger partial charge in [0.1, 0.15) is 5.76 Å². The molecule has 0 unspecified atom stereocenters. The number of nitrogens with zero attached hydrogens (tertiary/aromatic N) is 1. The van der Waals surface area contributed by atoms with Crippen molar-refractivity contribution in [3.63, 3.8) is 0 Å². The first-order valence-corrected chi connectivity index (χ1v) is 3.59. The van der Waals surface area contributed by atoms with Crippen LogP contribution in [0.25, 0.3) is 16.7 Å². The summed E-state index contributed by atoms with van der Waals surface area (Å²) >= 11 is 0. The van der Waals surface area contributed by atoms with E-state index in [4.69, 9.17) is 0 Å². The Hall–Kier alpha value is -1.77. The fourth-order valence-electron chi connectivity index (χ4n) is 1.22. The molecule has 1 aromatic heterocycles. The molecule has 0 amide bonds. The first kappa shape index (κ1) is 6.91. The van der Waals surface area contributed by atoms with E-state index in [2.05, 4.69) is 16.8 Å². The zero-order chi connectivity index (χ0) is 8.55. The number of nitrogens with one attached hydrogen (secondary N) is 1. The minimum Gasteiger partial charge on any atom is -0.508 e. The summed E-state index contributed by atoms with van der Waals surface area (Å²) in [6, 6.07) is 5.55. The summed E-state index contributed by atoms with van der Waals surface area (Å²) in [5, 5.41) is 16.8. The Labute approximate surface area is 69.3 Å². The second-order valence-corrected chi connectivity index (χ2v) is 2.58. The standard InChI is InChI=1S/C9H8N2O/c1-6(12)7-3-2-4-9-8(7)5-10-11-9/h2-5,12H,1H2,(H,10,11). The number of rotatable bonds is 1. The van der Waals surface area contributed by atoms with Crippen molar-refractivity contribution < 1.29 is 5.11 Å². The van der Waals surface area contributed by atoms with E-state index in [1.165, 1.54) is 0 Å². The van der Waals surface area contributed by atoms with Crippen LogP contribution in [0.15, 0.2) is 31.0 Å². The van der Waals surface area contributed by atoms with E-state index in [1.54, 1.807) is 12.3 Å². The van der Waals surface area contributed by atoms with Crippen molar-refractivity contribution in [2.45, 2.75) is 0 Å². The highest BCUT2D eigenvalue weighted by molar-refractivity contribution is 5.88. The monoisotopic (exact) mass is 160 g/mol. The van der Waals surface area contributed by atoms with Crippen LogP contribution in [0.2, 0.25) is 0 Å². The van der Waals surface area contributed by atoms with Crippen molar-refractivity contribution in [1.29, 1.82) is 0 Å². The molecule has 0 spiro atoms. The molecule has 0 radical (unpaired) electrons. The number of aromatic amines is 1. The number of benzene rings is 1. The number of aliphatic hydroxyl groups excluding tert-OH is 1. The molecule has 2 N–H and O–H groups in total. The maximum absolute atomic E-state index is 9.20. The van der Waals surface area contributed by atoms with E-state index in [0.717, 1.165) is 16.5 Å². The maximum Gasteiger partial charge on any atom is 0.116 e. The molecule has 0 atom stereocenters. The SMILES string of the molecule is C=C(O)c1cccc2[nH]ncc12. The van der Waals surface area contributed by atoms with E-state index in [-0.39, 0.29) is 5.76 Å². The third kappa shape index (κ3) is 0.871. The molecule has 0 bridgehead atoms. The lowest BCUT2D eigenvalue weighted by Crippen LogP contribution is -1.80. The highest BCUT2D eigenvalue weighted by atomic mass is 16.3. The van der Waals surface area contributed by atoms with Crippen LogP contribution in [0, 0.1) is 0 Å². The molecule has 0 saturated carbocycles. The molecule has 12 heavy (non-hydrogen) atoms. The van der Waals surface area contributed by atoms with Gasteiger partial charge < -0.3 is 5.11 Å². The lowest BCUT2D eigenvalue weighted by molar-refractivity contribution is 0.514. The molecule has 1 heterocycles. The van der Waals surface area contributed by atoms with Gasteiger partial charge in [-0.3, -0.25) is 5.10 Å². The third-order valence-electron chi connectivity index (χ3n) is 1.80. The van der Waals surface area contributed by atoms with E-state index in [9.17, 15) is 5.11 Å². The normalized spacial score (nSPS) is 10.3. The molecule has 0 aliphatic rings. The zero-order valence-corrected chi connectivity index (χ0v) is 6.41. The smallest absolute Gasteiger partial charge is 0.116 e. The van der Waals surface area contributed by atoms with Crippen LogP contribution in [-0.2, 0) is 0 Å². The number of hydrogen-bond donors (Lipinski definition) is 2. The average Bonchev–Trinajstić information content (AvgIpc) is 2.49. The van der Waals surface area contributed by atoms with E-state index < -0.39 is 0 Å². The molecule has 0 saturated heterocycles. The Bertz CT molecular complexity index is 431. The predicted octanol–water partition coefficient (Wildman–Crippen LogP) is 2.09. The topological polar surface area (TPSA) is 48.9 Å². The number of hydrogen-bond acceptors (Lipinski definition) is 2. The van der Waals surface area contributed by atoms with Gasteiger partial charge in [-0.25, -0.2) is 0 Å². The van der Waals surface area contributed by atoms with Gasteiger partial charge in [-0.15, -0.1) is 0 Å². The summed E-state index contributed by atoms with van der Waals surface area (Å²) in [5.74, 6) is 0.0713. The highest BCUT2D eigenvalue weighted by Crippen LogP contribution is 2.20. The van der Waals surface area contributed by atoms with Crippen molar-refractivity contribution >= 4 is 16.7 Å². The van der Waals surface area contributed by atoms with E-state index in [1.807, 2.05) is 12.1 Å². The molecular formula is C9H8N2O. The van der Waals surface area contributed by atoms with Crippen LogP contribution < -0.4 is 0 Å². The summed E-state index contributed by atoms with van der Waals surface area (Å²) in [4.78, 5) is 0. The number of fused-ring (bicyclic) bond motifs is 1. The summed E-state index contributed by atoms with van der Waals surface area (Å²) in [5.41, 5.74) is 1.63. The van der Waals surface area contributed by atoms with Crippen LogP contribution >= 0.6 is 0 Å². The van der Waals surface area contributed by atoms with E-state index >= 15 is 0 Å². The number of aromatic nitrogens is 2. The van der Waals surface area contributed by atoms with Crippen molar-refractivity contribution in [1.82, 2.24) is 10.2 Å². The van der Waals surface area contributed by atoms with Gasteiger partial charge in [-0.2, -0.15) is 5.10 Å². The summed E-state index contributed by atoms with van der Waals surface area (Å²) in [7, 11) is 0. The number of aliphatic hydroxyl groups is 1. The molecule has 0 fully saturated rings. The fourth-order valence-corrected chi connectivity index (χ4v) is 1.22. The minimum absolute atomic E-state index is 0.0713. The quantitative estimate of drug-likeness (QED) is 0.627. The van der Waals surface area contributed by atoms with Crippen LogP contribution in [0.1, 0.15) is 5.56 Å².